The fourth-order valence-electron chi connectivity index (χ4n) is 3.67. The van der Waals surface area contributed by atoms with E-state index >= 15 is 0 Å². The SMILES string of the molecule is CC(=O)CCCCCNC(=O)COCCOCCNC(=O)COCCOCCOCCOCCOCCOCCNC(=O)CCCC(=O)O. The summed E-state index contributed by atoms with van der Waals surface area (Å²) >= 11 is 0. The standard InChI is InChI=1S/C32H59N3O14/c1-28(36)6-3-2-4-9-33-30(38)26-48-24-22-43-13-11-35-31(39)27-49-25-23-47-21-20-46-19-18-45-17-16-44-15-14-42-12-10-34-29(37)7-5-8-32(40)41/h2-27H2,1H3,(H,33,38)(H,34,37)(H,35,39)(H,40,41). The Morgan fingerprint density at radius 3 is 1.22 bits per heavy atom. The summed E-state index contributed by atoms with van der Waals surface area (Å²) in [5.41, 5.74) is 0. The molecule has 0 unspecified atom stereocenters. The normalized spacial score (nSPS) is 11.0. The molecule has 0 spiro atoms. The van der Waals surface area contributed by atoms with Gasteiger partial charge in [0.2, 0.25) is 17.7 Å². The van der Waals surface area contributed by atoms with Crippen LogP contribution in [0.1, 0.15) is 51.9 Å². The van der Waals surface area contributed by atoms with Gasteiger partial charge in [-0.15, -0.1) is 0 Å². The van der Waals surface area contributed by atoms with Gasteiger partial charge in [0.25, 0.3) is 0 Å². The van der Waals surface area contributed by atoms with Gasteiger partial charge >= 0.3 is 5.97 Å². The number of hydrogen-bond donors (Lipinski definition) is 4. The second-order valence-corrected chi connectivity index (χ2v) is 10.6. The number of carboxylic acid groups (broad SMARTS) is 1. The zero-order chi connectivity index (χ0) is 36.0. The topological polar surface area (TPSA) is 216 Å². The third kappa shape index (κ3) is 39.6. The fourth-order valence-corrected chi connectivity index (χ4v) is 3.67. The number of carbonyl (C=O) groups excluding carboxylic acids is 4. The number of amides is 3. The lowest BCUT2D eigenvalue weighted by atomic mass is 10.1. The van der Waals surface area contributed by atoms with E-state index in [1.165, 1.54) is 0 Å². The molecule has 0 atom stereocenters. The largest absolute Gasteiger partial charge is 0.481 e. The van der Waals surface area contributed by atoms with Crippen LogP contribution in [-0.4, -0.2) is 160 Å². The van der Waals surface area contributed by atoms with Crippen molar-refractivity contribution in [2.75, 3.05) is 125 Å². The van der Waals surface area contributed by atoms with E-state index in [0.29, 0.717) is 112 Å². The molecule has 286 valence electrons. The van der Waals surface area contributed by atoms with Crippen molar-refractivity contribution in [2.24, 2.45) is 0 Å². The van der Waals surface area contributed by atoms with Crippen LogP contribution >= 0.6 is 0 Å². The smallest absolute Gasteiger partial charge is 0.303 e. The maximum atomic E-state index is 11.8. The Labute approximate surface area is 289 Å². The molecule has 4 N–H and O–H groups in total. The minimum absolute atomic E-state index is 0.0200. The van der Waals surface area contributed by atoms with Gasteiger partial charge in [0.1, 0.15) is 19.0 Å². The van der Waals surface area contributed by atoms with Crippen molar-refractivity contribution >= 4 is 29.5 Å². The monoisotopic (exact) mass is 709 g/mol. The van der Waals surface area contributed by atoms with Crippen molar-refractivity contribution in [3.8, 4) is 0 Å². The molecule has 0 aliphatic carbocycles. The number of Topliss-reactive ketones (excluding diaryl/α,β-unsaturated/α-hetero) is 1. The molecule has 0 aromatic rings. The molecule has 17 heteroatoms. The molecular formula is C32H59N3O14. The number of hydrogen-bond acceptors (Lipinski definition) is 13. The van der Waals surface area contributed by atoms with Crippen LogP contribution in [0.5, 0.6) is 0 Å². The molecule has 0 saturated heterocycles. The highest BCUT2D eigenvalue weighted by Crippen LogP contribution is 1.99. The summed E-state index contributed by atoms with van der Waals surface area (Å²) < 4.78 is 42.9. The van der Waals surface area contributed by atoms with Crippen molar-refractivity contribution < 1.29 is 67.0 Å². The summed E-state index contributed by atoms with van der Waals surface area (Å²) in [7, 11) is 0. The van der Waals surface area contributed by atoms with Gasteiger partial charge in [0.15, 0.2) is 0 Å². The molecule has 0 saturated carbocycles. The molecule has 0 fully saturated rings. The molecule has 0 aliphatic heterocycles. The van der Waals surface area contributed by atoms with Crippen LogP contribution in [0.3, 0.4) is 0 Å². The van der Waals surface area contributed by atoms with E-state index in [4.69, 9.17) is 43.0 Å². The van der Waals surface area contributed by atoms with Gasteiger partial charge in [-0.25, -0.2) is 0 Å². The number of rotatable bonds is 38. The van der Waals surface area contributed by atoms with E-state index in [1.54, 1.807) is 6.92 Å². The Bertz CT molecular complexity index is 850. The van der Waals surface area contributed by atoms with Crippen molar-refractivity contribution in [1.82, 2.24) is 16.0 Å². The van der Waals surface area contributed by atoms with Crippen LogP contribution in [0, 0.1) is 0 Å². The van der Waals surface area contributed by atoms with E-state index in [-0.39, 0.29) is 62.8 Å². The Hall–Kier alpha value is -2.77. The van der Waals surface area contributed by atoms with E-state index in [0.717, 1.165) is 19.3 Å². The van der Waals surface area contributed by atoms with Crippen LogP contribution in [0.2, 0.25) is 0 Å². The Morgan fingerprint density at radius 1 is 0.408 bits per heavy atom. The number of ether oxygens (including phenoxy) is 8. The van der Waals surface area contributed by atoms with E-state index in [2.05, 4.69) is 16.0 Å². The summed E-state index contributed by atoms with van der Waals surface area (Å²) in [5, 5.41) is 16.7. The summed E-state index contributed by atoms with van der Waals surface area (Å²) in [5.74, 6) is -1.36. The summed E-state index contributed by atoms with van der Waals surface area (Å²) in [4.78, 5) is 56.2. The van der Waals surface area contributed by atoms with Gasteiger partial charge in [-0.1, -0.05) is 6.42 Å². The average Bonchev–Trinajstić information content (AvgIpc) is 3.06. The van der Waals surface area contributed by atoms with Gasteiger partial charge in [-0.05, 0) is 26.2 Å². The number of carbonyl (C=O) groups is 5. The highest BCUT2D eigenvalue weighted by molar-refractivity contribution is 5.77. The predicted octanol–water partition coefficient (Wildman–Crippen LogP) is -0.128. The number of nitrogens with one attached hydrogen (secondary N) is 3. The molecule has 0 radical (unpaired) electrons. The molecular weight excluding hydrogens is 650 g/mol. The number of aliphatic carboxylic acids is 1. The molecule has 0 heterocycles. The van der Waals surface area contributed by atoms with Gasteiger partial charge in [0.05, 0.1) is 92.5 Å². The van der Waals surface area contributed by atoms with Crippen LogP contribution in [0.4, 0.5) is 0 Å². The first-order chi connectivity index (χ1) is 23.8. The van der Waals surface area contributed by atoms with Crippen LogP contribution < -0.4 is 16.0 Å². The third-order valence-electron chi connectivity index (χ3n) is 6.16. The van der Waals surface area contributed by atoms with Crippen molar-refractivity contribution in [2.45, 2.75) is 51.9 Å². The number of unbranched alkanes of at least 4 members (excludes halogenated alkanes) is 2. The summed E-state index contributed by atoms with van der Waals surface area (Å²) in [6.07, 6.45) is 3.63. The highest BCUT2D eigenvalue weighted by atomic mass is 16.6. The minimum atomic E-state index is -0.912. The Balaban J connectivity index is 3.25. The minimum Gasteiger partial charge on any atom is -0.481 e. The zero-order valence-electron chi connectivity index (χ0n) is 29.1. The van der Waals surface area contributed by atoms with E-state index in [1.807, 2.05) is 0 Å². The average molecular weight is 710 g/mol. The quantitative estimate of drug-likeness (QED) is 0.0615. The first-order valence-electron chi connectivity index (χ1n) is 16.9. The van der Waals surface area contributed by atoms with Crippen molar-refractivity contribution in [1.29, 1.82) is 0 Å². The molecule has 17 nitrogen and oxygen atoms in total. The second-order valence-electron chi connectivity index (χ2n) is 10.6. The third-order valence-corrected chi connectivity index (χ3v) is 6.16. The van der Waals surface area contributed by atoms with Gasteiger partial charge in [-0.3, -0.25) is 19.2 Å². The van der Waals surface area contributed by atoms with E-state index < -0.39 is 5.97 Å². The summed E-state index contributed by atoms with van der Waals surface area (Å²) in [6, 6.07) is 0. The second kappa shape index (κ2) is 36.5. The van der Waals surface area contributed by atoms with Crippen LogP contribution in [0.25, 0.3) is 0 Å². The zero-order valence-corrected chi connectivity index (χ0v) is 29.1. The molecule has 0 aromatic carbocycles. The lowest BCUT2D eigenvalue weighted by Crippen LogP contribution is -2.31. The highest BCUT2D eigenvalue weighted by Gasteiger charge is 2.04. The van der Waals surface area contributed by atoms with Crippen molar-refractivity contribution in [3.05, 3.63) is 0 Å². The summed E-state index contributed by atoms with van der Waals surface area (Å²) in [6.45, 7) is 7.83. The molecule has 49 heavy (non-hydrogen) atoms. The maximum Gasteiger partial charge on any atom is 0.303 e. The molecule has 3 amide bonds. The predicted molar refractivity (Wildman–Crippen MR) is 176 cm³/mol. The number of carboxylic acids is 1. The number of ketones is 1. The van der Waals surface area contributed by atoms with Crippen LogP contribution in [-0.2, 0) is 61.9 Å². The van der Waals surface area contributed by atoms with Gasteiger partial charge < -0.3 is 63.7 Å². The van der Waals surface area contributed by atoms with Gasteiger partial charge in [-0.2, -0.15) is 0 Å². The molecule has 0 rings (SSSR count). The fraction of sp³-hybridized carbons (Fsp3) is 0.844. The maximum absolute atomic E-state index is 11.8. The Kier molecular flexibility index (Phi) is 34.4. The van der Waals surface area contributed by atoms with Crippen LogP contribution in [0.15, 0.2) is 0 Å². The molecule has 0 aliphatic rings. The van der Waals surface area contributed by atoms with Gasteiger partial charge in [0, 0.05) is 38.9 Å². The first kappa shape index (κ1) is 46.2. The Morgan fingerprint density at radius 2 is 0.796 bits per heavy atom. The van der Waals surface area contributed by atoms with E-state index in [9.17, 15) is 24.0 Å². The van der Waals surface area contributed by atoms with Crippen molar-refractivity contribution in [3.63, 3.8) is 0 Å². The lowest BCUT2D eigenvalue weighted by molar-refractivity contribution is -0.137. The first-order valence-corrected chi connectivity index (χ1v) is 16.9. The lowest BCUT2D eigenvalue weighted by Gasteiger charge is -2.09. The molecule has 0 aromatic heterocycles. The molecule has 0 bridgehead atoms.